The zero-order valence-electron chi connectivity index (χ0n) is 20.9. The number of nitrogens with zero attached hydrogens (tertiary/aromatic N) is 1. The molecular formula is C26H34N4O6S. The first-order valence-corrected chi connectivity index (χ1v) is 13.9. The summed E-state index contributed by atoms with van der Waals surface area (Å²) in [4.78, 5) is 53.4. The fourth-order valence-corrected chi connectivity index (χ4v) is 5.92. The molecule has 0 aromatic heterocycles. The highest BCUT2D eigenvalue weighted by molar-refractivity contribution is 7.83. The van der Waals surface area contributed by atoms with Crippen LogP contribution >= 0.6 is 0 Å². The first-order valence-electron chi connectivity index (χ1n) is 12.8. The monoisotopic (exact) mass is 530 g/mol. The van der Waals surface area contributed by atoms with Crippen LogP contribution in [0, 0.1) is 12.8 Å². The molecule has 1 aliphatic carbocycles. The lowest BCUT2D eigenvalue weighted by molar-refractivity contribution is -0.146. The number of amides is 4. The lowest BCUT2D eigenvalue weighted by atomic mass is 10.1. The molecule has 2 aliphatic heterocycles. The van der Waals surface area contributed by atoms with Gasteiger partial charge in [0.2, 0.25) is 5.91 Å². The number of carbonyl (C=O) groups excluding carboxylic acids is 4. The van der Waals surface area contributed by atoms with E-state index in [4.69, 9.17) is 10.5 Å². The van der Waals surface area contributed by atoms with Crippen LogP contribution in [0.3, 0.4) is 0 Å². The van der Waals surface area contributed by atoms with Crippen LogP contribution in [0.2, 0.25) is 0 Å². The Kier molecular flexibility index (Phi) is 8.31. The quantitative estimate of drug-likeness (QED) is 0.507. The number of aryl methyl sites for hydroxylation is 1. The molecule has 200 valence electrons. The maximum absolute atomic E-state index is 13.4. The number of nitrogens with two attached hydrogens (primary N) is 1. The van der Waals surface area contributed by atoms with E-state index in [2.05, 4.69) is 10.0 Å². The van der Waals surface area contributed by atoms with Gasteiger partial charge in [0, 0.05) is 12.5 Å². The molecule has 11 heteroatoms. The van der Waals surface area contributed by atoms with Gasteiger partial charge in [-0.3, -0.25) is 19.1 Å². The molecule has 10 nitrogen and oxygen atoms in total. The topological polar surface area (TPSA) is 148 Å². The fourth-order valence-electron chi connectivity index (χ4n) is 5.07. The standard InChI is InChI=1S/C26H34N4O6S/c1-17-11-13-19(14-12-17)37(35)29-24(33)26-16-18(26)8-5-3-2-4-6-10-21(36-25(27)34)23(32)30-15-7-9-20(30)22(31)28-26/h5,8,11-14,18,20-21H,2-4,6-7,9-10,15-16H2,1H3,(H2,27,34)(H,28,31)(H,29,33)/b8-5+/t18?,20?,21?,26-,37?/m0/s1. The van der Waals surface area contributed by atoms with Crippen molar-refractivity contribution in [3.63, 3.8) is 0 Å². The molecule has 37 heavy (non-hydrogen) atoms. The second-order valence-corrected chi connectivity index (χ2v) is 11.2. The molecule has 4 rings (SSSR count). The van der Waals surface area contributed by atoms with Gasteiger partial charge in [-0.15, -0.1) is 0 Å². The molecule has 1 saturated carbocycles. The highest BCUT2D eigenvalue weighted by Crippen LogP contribution is 2.45. The molecule has 2 heterocycles. The summed E-state index contributed by atoms with van der Waals surface area (Å²) in [5.74, 6) is -1.67. The average Bonchev–Trinajstić information content (AvgIpc) is 3.32. The lowest BCUT2D eigenvalue weighted by Gasteiger charge is -2.29. The van der Waals surface area contributed by atoms with E-state index in [1.165, 1.54) is 4.90 Å². The number of hydrogen-bond acceptors (Lipinski definition) is 6. The number of hydrogen-bond donors (Lipinski definition) is 3. The van der Waals surface area contributed by atoms with Crippen LogP contribution in [0.15, 0.2) is 41.3 Å². The Bertz CT molecular complexity index is 1110. The summed E-state index contributed by atoms with van der Waals surface area (Å²) in [5, 5.41) is 2.89. The number of fused-ring (bicyclic) bond motifs is 2. The van der Waals surface area contributed by atoms with Crippen LogP contribution in [0.5, 0.6) is 0 Å². The Balaban J connectivity index is 1.55. The Morgan fingerprint density at radius 1 is 1.14 bits per heavy atom. The van der Waals surface area contributed by atoms with E-state index in [0.29, 0.717) is 43.5 Å². The van der Waals surface area contributed by atoms with E-state index in [1.54, 1.807) is 12.1 Å². The summed E-state index contributed by atoms with van der Waals surface area (Å²) in [6.45, 7) is 2.26. The maximum atomic E-state index is 13.4. The molecule has 4 amide bonds. The number of nitrogens with one attached hydrogen (secondary N) is 2. The first-order chi connectivity index (χ1) is 17.7. The molecule has 4 unspecified atom stereocenters. The third kappa shape index (κ3) is 6.20. The normalized spacial score (nSPS) is 30.0. The van der Waals surface area contributed by atoms with Crippen molar-refractivity contribution in [2.24, 2.45) is 11.7 Å². The average molecular weight is 531 g/mol. The zero-order valence-corrected chi connectivity index (χ0v) is 21.8. The van der Waals surface area contributed by atoms with Crippen LogP contribution in [0.25, 0.3) is 0 Å². The highest BCUT2D eigenvalue weighted by atomic mass is 32.2. The third-order valence-corrected chi connectivity index (χ3v) is 8.34. The Morgan fingerprint density at radius 2 is 1.89 bits per heavy atom. The molecule has 0 spiro atoms. The van der Waals surface area contributed by atoms with Crippen molar-refractivity contribution in [1.29, 1.82) is 0 Å². The van der Waals surface area contributed by atoms with E-state index >= 15 is 0 Å². The fraction of sp³-hybridized carbons (Fsp3) is 0.538. The summed E-state index contributed by atoms with van der Waals surface area (Å²) < 4.78 is 20.5. The second-order valence-electron chi connectivity index (χ2n) is 9.97. The number of primary amides is 1. The summed E-state index contributed by atoms with van der Waals surface area (Å²) in [6, 6.07) is 6.21. The van der Waals surface area contributed by atoms with Crippen LogP contribution < -0.4 is 15.8 Å². The van der Waals surface area contributed by atoms with Crippen molar-refractivity contribution >= 4 is 34.8 Å². The number of allylic oxidation sites excluding steroid dienone is 1. The van der Waals surface area contributed by atoms with Gasteiger partial charge in [-0.2, -0.15) is 0 Å². The smallest absolute Gasteiger partial charge is 0.405 e. The number of ether oxygens (including phenoxy) is 1. The van der Waals surface area contributed by atoms with Gasteiger partial charge in [0.15, 0.2) is 17.1 Å². The Morgan fingerprint density at radius 3 is 2.62 bits per heavy atom. The van der Waals surface area contributed by atoms with Crippen molar-refractivity contribution in [3.8, 4) is 0 Å². The Labute approximate surface area is 218 Å². The maximum Gasteiger partial charge on any atom is 0.405 e. The third-order valence-electron chi connectivity index (χ3n) is 7.26. The number of benzene rings is 1. The Hall–Kier alpha value is -3.21. The van der Waals surface area contributed by atoms with Gasteiger partial charge in [0.05, 0.1) is 4.90 Å². The van der Waals surface area contributed by atoms with E-state index in [9.17, 15) is 23.4 Å². The number of rotatable bonds is 4. The summed E-state index contributed by atoms with van der Waals surface area (Å²) >= 11 is 0. The molecule has 1 aromatic carbocycles. The number of carbonyl (C=O) groups is 4. The van der Waals surface area contributed by atoms with Crippen LogP contribution in [-0.2, 0) is 30.1 Å². The van der Waals surface area contributed by atoms with Gasteiger partial charge in [0.25, 0.3) is 11.8 Å². The lowest BCUT2D eigenvalue weighted by Crippen LogP contribution is -2.56. The van der Waals surface area contributed by atoms with Crippen molar-refractivity contribution in [2.75, 3.05) is 6.54 Å². The molecule has 4 N–H and O–H groups in total. The van der Waals surface area contributed by atoms with Gasteiger partial charge in [-0.25, -0.2) is 9.00 Å². The van der Waals surface area contributed by atoms with Gasteiger partial charge >= 0.3 is 6.09 Å². The predicted molar refractivity (Wildman–Crippen MR) is 136 cm³/mol. The van der Waals surface area contributed by atoms with Crippen LogP contribution in [0.4, 0.5) is 4.79 Å². The SMILES string of the molecule is Cc1ccc(S(=O)NC(=O)[C@]23CC2/C=C/CCCCCC(OC(N)=O)C(=O)N2CCCC2C(=O)N3)cc1. The van der Waals surface area contributed by atoms with Gasteiger partial charge in [-0.1, -0.05) is 36.3 Å². The summed E-state index contributed by atoms with van der Waals surface area (Å²) in [5.41, 5.74) is 4.97. The van der Waals surface area contributed by atoms with Crippen molar-refractivity contribution in [3.05, 3.63) is 42.0 Å². The highest BCUT2D eigenvalue weighted by Gasteiger charge is 2.61. The van der Waals surface area contributed by atoms with Crippen molar-refractivity contribution < 1.29 is 28.1 Å². The van der Waals surface area contributed by atoms with E-state index in [1.807, 2.05) is 31.2 Å². The predicted octanol–water partition coefficient (Wildman–Crippen LogP) is 1.98. The molecule has 5 atom stereocenters. The molecule has 1 saturated heterocycles. The van der Waals surface area contributed by atoms with E-state index in [0.717, 1.165) is 24.8 Å². The van der Waals surface area contributed by atoms with Gasteiger partial charge in [-0.05, 0) is 64.0 Å². The molecule has 0 radical (unpaired) electrons. The zero-order chi connectivity index (χ0) is 26.6. The van der Waals surface area contributed by atoms with E-state index in [-0.39, 0.29) is 5.92 Å². The largest absolute Gasteiger partial charge is 0.436 e. The van der Waals surface area contributed by atoms with Gasteiger partial charge < -0.3 is 20.7 Å². The molecule has 2 fully saturated rings. The minimum atomic E-state index is -1.79. The summed E-state index contributed by atoms with van der Waals surface area (Å²) in [7, 11) is -1.79. The van der Waals surface area contributed by atoms with Gasteiger partial charge in [0.1, 0.15) is 11.6 Å². The molecule has 0 bridgehead atoms. The van der Waals surface area contributed by atoms with Crippen molar-refractivity contribution in [2.45, 2.75) is 80.9 Å². The minimum Gasteiger partial charge on any atom is -0.436 e. The first kappa shape index (κ1) is 26.8. The molecule has 3 aliphatic rings. The molecular weight excluding hydrogens is 496 g/mol. The minimum absolute atomic E-state index is 0.243. The molecule has 1 aromatic rings. The van der Waals surface area contributed by atoms with Crippen LogP contribution in [0.1, 0.15) is 56.9 Å². The van der Waals surface area contributed by atoms with Crippen molar-refractivity contribution in [1.82, 2.24) is 14.9 Å². The van der Waals surface area contributed by atoms with E-state index < -0.39 is 52.5 Å². The second kappa shape index (κ2) is 11.5. The summed E-state index contributed by atoms with van der Waals surface area (Å²) in [6.07, 6.45) is 6.70. The van der Waals surface area contributed by atoms with Crippen LogP contribution in [-0.4, -0.2) is 57.2 Å².